The van der Waals surface area contributed by atoms with Gasteiger partial charge in [-0.25, -0.2) is 0 Å². The molecular formula is C9H17N3O3S. The molecule has 16 heavy (non-hydrogen) atoms. The molecule has 0 saturated carbocycles. The summed E-state index contributed by atoms with van der Waals surface area (Å²) in [5.74, 6) is 0. The molecule has 0 bridgehead atoms. The third kappa shape index (κ3) is 5.54. The summed E-state index contributed by atoms with van der Waals surface area (Å²) < 4.78 is 29.8. The van der Waals surface area contributed by atoms with E-state index in [-0.39, 0.29) is 10.6 Å². The monoisotopic (exact) mass is 247 g/mol. The Bertz CT molecular complexity index is 441. The maximum absolute atomic E-state index is 10.6. The van der Waals surface area contributed by atoms with Gasteiger partial charge < -0.3 is 16.4 Å². The second kappa shape index (κ2) is 5.69. The zero-order valence-corrected chi connectivity index (χ0v) is 10.3. The summed E-state index contributed by atoms with van der Waals surface area (Å²) in [6.07, 6.45) is 0. The highest BCUT2D eigenvalue weighted by Crippen LogP contribution is 2.19. The molecule has 0 atom stereocenters. The van der Waals surface area contributed by atoms with Crippen LogP contribution in [0.1, 0.15) is 0 Å². The number of hydrogen-bond donors (Lipinski definition) is 3. The van der Waals surface area contributed by atoms with Crippen molar-refractivity contribution in [1.29, 1.82) is 0 Å². The van der Waals surface area contributed by atoms with Crippen molar-refractivity contribution in [3.05, 3.63) is 18.2 Å². The molecule has 0 spiro atoms. The zero-order chi connectivity index (χ0) is 12.9. The van der Waals surface area contributed by atoms with Crippen LogP contribution in [-0.2, 0) is 10.1 Å². The quantitative estimate of drug-likeness (QED) is 0.485. The first-order valence-corrected chi connectivity index (χ1v) is 5.82. The van der Waals surface area contributed by atoms with Crippen molar-refractivity contribution in [1.82, 2.24) is 4.90 Å². The average Bonchev–Trinajstić information content (AvgIpc) is 1.99. The number of anilines is 2. The highest BCUT2D eigenvalue weighted by Gasteiger charge is 2.12. The lowest BCUT2D eigenvalue weighted by atomic mass is 10.3. The van der Waals surface area contributed by atoms with Gasteiger partial charge in [0.2, 0.25) is 0 Å². The topological polar surface area (TPSA) is 110 Å². The number of nitrogens with two attached hydrogens (primary N) is 2. The van der Waals surface area contributed by atoms with Crippen LogP contribution in [0.25, 0.3) is 0 Å². The van der Waals surface area contributed by atoms with E-state index >= 15 is 0 Å². The van der Waals surface area contributed by atoms with E-state index in [0.717, 1.165) is 6.07 Å². The third-order valence-corrected chi connectivity index (χ3v) is 2.24. The van der Waals surface area contributed by atoms with Gasteiger partial charge in [-0.3, -0.25) is 4.55 Å². The van der Waals surface area contributed by atoms with Crippen LogP contribution >= 0.6 is 0 Å². The normalized spacial score (nSPS) is 10.8. The van der Waals surface area contributed by atoms with Gasteiger partial charge in [0.05, 0.1) is 5.69 Å². The molecule has 0 aliphatic heterocycles. The second-order valence-corrected chi connectivity index (χ2v) is 5.00. The molecule has 0 amide bonds. The summed E-state index contributed by atoms with van der Waals surface area (Å²) in [7, 11) is 1.77. The van der Waals surface area contributed by atoms with Gasteiger partial charge in [-0.05, 0) is 39.3 Å². The second-order valence-electron chi connectivity index (χ2n) is 3.61. The van der Waals surface area contributed by atoms with Crippen LogP contribution in [0.5, 0.6) is 0 Å². The van der Waals surface area contributed by atoms with Crippen molar-refractivity contribution in [2.24, 2.45) is 0 Å². The molecule has 92 valence electrons. The van der Waals surface area contributed by atoms with Crippen LogP contribution in [-0.4, -0.2) is 39.0 Å². The molecule has 0 aliphatic rings. The minimum absolute atomic E-state index is 0.0579. The Labute approximate surface area is 95.6 Å². The molecule has 0 aliphatic carbocycles. The lowest BCUT2D eigenvalue weighted by molar-refractivity contribution is 0.483. The van der Waals surface area contributed by atoms with Crippen molar-refractivity contribution < 1.29 is 13.0 Å². The van der Waals surface area contributed by atoms with E-state index in [1.54, 1.807) is 0 Å². The summed E-state index contributed by atoms with van der Waals surface area (Å²) in [5.41, 5.74) is 10.9. The van der Waals surface area contributed by atoms with Crippen molar-refractivity contribution >= 4 is 21.5 Å². The van der Waals surface area contributed by atoms with Gasteiger partial charge in [-0.1, -0.05) is 0 Å². The van der Waals surface area contributed by atoms with Gasteiger partial charge in [0, 0.05) is 5.69 Å². The fourth-order valence-corrected chi connectivity index (χ4v) is 1.40. The molecule has 0 saturated heterocycles. The van der Waals surface area contributed by atoms with Crippen molar-refractivity contribution in [2.45, 2.75) is 4.90 Å². The molecular weight excluding hydrogens is 230 g/mol. The number of rotatable bonds is 1. The van der Waals surface area contributed by atoms with Gasteiger partial charge in [0.1, 0.15) is 4.90 Å². The standard InChI is InChI=1S/C6H8N2O3S.C3H9N/c7-4-1-2-6(5(8)3-4)12(9,10)11;1-4(2)3/h1-3H,7-8H2,(H,9,10,11);1-3H3. The fourth-order valence-electron chi connectivity index (χ4n) is 0.802. The first-order valence-electron chi connectivity index (χ1n) is 4.38. The van der Waals surface area contributed by atoms with Gasteiger partial charge in [-0.15, -0.1) is 0 Å². The Kier molecular flexibility index (Phi) is 5.22. The molecule has 0 fully saturated rings. The summed E-state index contributed by atoms with van der Waals surface area (Å²) in [4.78, 5) is 1.68. The Morgan fingerprint density at radius 1 is 1.19 bits per heavy atom. The average molecular weight is 247 g/mol. The molecule has 1 aromatic rings. The molecule has 0 radical (unpaired) electrons. The summed E-state index contributed by atoms with van der Waals surface area (Å²) in [6, 6.07) is 3.77. The maximum atomic E-state index is 10.6. The first kappa shape index (κ1) is 14.7. The molecule has 5 N–H and O–H groups in total. The third-order valence-electron chi connectivity index (χ3n) is 1.31. The highest BCUT2D eigenvalue weighted by molar-refractivity contribution is 7.86. The maximum Gasteiger partial charge on any atom is 0.296 e. The lowest BCUT2D eigenvalue weighted by Gasteiger charge is -2.01. The summed E-state index contributed by atoms with van der Waals surface area (Å²) >= 11 is 0. The van der Waals surface area contributed by atoms with E-state index < -0.39 is 10.1 Å². The SMILES string of the molecule is CN(C)C.Nc1ccc(S(=O)(=O)O)c(N)c1. The Morgan fingerprint density at radius 2 is 1.62 bits per heavy atom. The number of hydrogen-bond acceptors (Lipinski definition) is 5. The summed E-state index contributed by atoms with van der Waals surface area (Å²) in [5, 5.41) is 0. The van der Waals surface area contributed by atoms with Gasteiger partial charge >= 0.3 is 0 Å². The largest absolute Gasteiger partial charge is 0.399 e. The van der Waals surface area contributed by atoms with E-state index in [1.165, 1.54) is 12.1 Å². The molecule has 0 heterocycles. The van der Waals surface area contributed by atoms with Crippen LogP contribution in [0.3, 0.4) is 0 Å². The smallest absolute Gasteiger partial charge is 0.296 e. The Morgan fingerprint density at radius 3 is 1.94 bits per heavy atom. The van der Waals surface area contributed by atoms with Crippen LogP contribution in [0, 0.1) is 0 Å². The highest BCUT2D eigenvalue weighted by atomic mass is 32.2. The molecule has 6 nitrogen and oxygen atoms in total. The lowest BCUT2D eigenvalue weighted by Crippen LogP contribution is -2.03. The number of nitrogens with zero attached hydrogens (tertiary/aromatic N) is 1. The molecule has 1 rings (SSSR count). The van der Waals surface area contributed by atoms with E-state index in [9.17, 15) is 8.42 Å². The molecule has 1 aromatic carbocycles. The Hall–Kier alpha value is -1.31. The first-order chi connectivity index (χ1) is 7.14. The number of benzene rings is 1. The minimum atomic E-state index is -4.23. The predicted octanol–water partition coefficient (Wildman–Crippen LogP) is 0.276. The van der Waals surface area contributed by atoms with Crippen LogP contribution < -0.4 is 11.5 Å². The predicted molar refractivity (Wildman–Crippen MR) is 64.7 cm³/mol. The fraction of sp³-hybridized carbons (Fsp3) is 0.333. The van der Waals surface area contributed by atoms with Crippen molar-refractivity contribution in [2.75, 3.05) is 32.6 Å². The summed E-state index contributed by atoms with van der Waals surface area (Å²) in [6.45, 7) is 0. The molecule has 0 unspecified atom stereocenters. The van der Waals surface area contributed by atoms with E-state index in [1.807, 2.05) is 26.0 Å². The van der Waals surface area contributed by atoms with Crippen LogP contribution in [0.4, 0.5) is 11.4 Å². The van der Waals surface area contributed by atoms with Crippen LogP contribution in [0.2, 0.25) is 0 Å². The van der Waals surface area contributed by atoms with E-state index in [2.05, 4.69) is 0 Å². The molecule has 7 heteroatoms. The minimum Gasteiger partial charge on any atom is -0.399 e. The van der Waals surface area contributed by atoms with Crippen molar-refractivity contribution in [3.8, 4) is 0 Å². The van der Waals surface area contributed by atoms with Gasteiger partial charge in [0.15, 0.2) is 0 Å². The van der Waals surface area contributed by atoms with E-state index in [4.69, 9.17) is 16.0 Å². The van der Waals surface area contributed by atoms with Gasteiger partial charge in [-0.2, -0.15) is 8.42 Å². The van der Waals surface area contributed by atoms with Crippen molar-refractivity contribution in [3.63, 3.8) is 0 Å². The van der Waals surface area contributed by atoms with E-state index in [0.29, 0.717) is 5.69 Å². The van der Waals surface area contributed by atoms with Gasteiger partial charge in [0.25, 0.3) is 10.1 Å². The zero-order valence-electron chi connectivity index (χ0n) is 9.51. The molecule has 0 aromatic heterocycles. The number of nitrogen functional groups attached to an aromatic ring is 2. The Balaban J connectivity index is 0.000000487. The van der Waals surface area contributed by atoms with Crippen LogP contribution in [0.15, 0.2) is 23.1 Å².